The van der Waals surface area contributed by atoms with Crippen LogP contribution in [0.15, 0.2) is 24.3 Å². The summed E-state index contributed by atoms with van der Waals surface area (Å²) in [4.78, 5) is 27.3. The Kier molecular flexibility index (Phi) is 31.0. The third-order valence-corrected chi connectivity index (χ3v) is 10.2. The summed E-state index contributed by atoms with van der Waals surface area (Å²) in [6.07, 6.45) is 42.7. The molecule has 0 radical (unpaired) electrons. The molecule has 0 heterocycles. The summed E-state index contributed by atoms with van der Waals surface area (Å²) in [6.45, 7) is 6.02. The van der Waals surface area contributed by atoms with E-state index in [0.717, 1.165) is 38.8 Å². The van der Waals surface area contributed by atoms with Crippen LogP contribution in [0.3, 0.4) is 0 Å². The molecule has 0 aliphatic heterocycles. The van der Waals surface area contributed by atoms with Gasteiger partial charge in [0.2, 0.25) is 0 Å². The number of amides is 1. The fourth-order valence-electron chi connectivity index (χ4n) is 7.04. The van der Waals surface area contributed by atoms with E-state index in [1.165, 1.54) is 180 Å². The van der Waals surface area contributed by atoms with Crippen LogP contribution in [-0.4, -0.2) is 35.0 Å². The molecule has 0 saturated carbocycles. The Bertz CT molecular complexity index is 832. The first-order chi connectivity index (χ1) is 23.6. The highest BCUT2D eigenvalue weighted by Gasteiger charge is 2.21. The zero-order valence-corrected chi connectivity index (χ0v) is 32.1. The van der Waals surface area contributed by atoms with Crippen LogP contribution in [0.1, 0.15) is 240 Å². The Morgan fingerprint density at radius 3 is 0.938 bits per heavy atom. The second kappa shape index (κ2) is 33.6. The van der Waals surface area contributed by atoms with Crippen molar-refractivity contribution in [2.45, 2.75) is 219 Å². The molecule has 0 fully saturated rings. The molecule has 4 heteroatoms. The fraction of sp³-hybridized carbons (Fsp3) is 0.818. The number of unbranched alkanes of at least 4 members (excludes halogenated alkanes) is 30. The van der Waals surface area contributed by atoms with Gasteiger partial charge in [0.15, 0.2) is 0 Å². The molecule has 1 aromatic carbocycles. The first-order valence-corrected chi connectivity index (χ1v) is 21.2. The summed E-state index contributed by atoms with van der Waals surface area (Å²) >= 11 is 0. The third kappa shape index (κ3) is 25.2. The SMILES string of the molecule is CCCCCCCCCCCCCCCCCCN(CCCCCCCCCCCCCCCCCC)C(=O)c1ccccc1C(=O)O. The van der Waals surface area contributed by atoms with E-state index < -0.39 is 5.97 Å². The molecule has 0 aromatic heterocycles. The lowest BCUT2D eigenvalue weighted by Gasteiger charge is -2.23. The minimum Gasteiger partial charge on any atom is -0.478 e. The number of hydrogen-bond donors (Lipinski definition) is 1. The van der Waals surface area contributed by atoms with Gasteiger partial charge in [-0.2, -0.15) is 0 Å². The predicted molar refractivity (Wildman–Crippen MR) is 208 cm³/mol. The summed E-state index contributed by atoms with van der Waals surface area (Å²) in [5, 5.41) is 9.68. The Morgan fingerprint density at radius 1 is 0.417 bits per heavy atom. The van der Waals surface area contributed by atoms with Crippen molar-refractivity contribution in [3.05, 3.63) is 35.4 Å². The Labute approximate surface area is 298 Å². The number of rotatable bonds is 36. The van der Waals surface area contributed by atoms with Crippen molar-refractivity contribution in [1.29, 1.82) is 0 Å². The standard InChI is InChI=1S/C44H79NO3/c1-3-5-7-9-11-13-15-17-19-21-23-25-27-29-31-35-39-45(43(46)41-37-33-34-38-42(41)44(47)48)40-36-32-30-28-26-24-22-20-18-16-14-12-10-8-6-4-2/h33-34,37-38H,3-32,35-36,39-40H2,1-2H3,(H,47,48). The van der Waals surface area contributed by atoms with Gasteiger partial charge in [0.1, 0.15) is 0 Å². The van der Waals surface area contributed by atoms with Gasteiger partial charge < -0.3 is 10.0 Å². The molecular formula is C44H79NO3. The molecule has 0 atom stereocenters. The van der Waals surface area contributed by atoms with E-state index in [0.29, 0.717) is 5.56 Å². The number of aromatic carboxylic acids is 1. The highest BCUT2D eigenvalue weighted by molar-refractivity contribution is 6.04. The minimum absolute atomic E-state index is 0.116. The summed E-state index contributed by atoms with van der Waals surface area (Å²) in [5.41, 5.74) is 0.449. The molecule has 0 aliphatic carbocycles. The maximum absolute atomic E-state index is 13.5. The van der Waals surface area contributed by atoms with Crippen LogP contribution >= 0.6 is 0 Å². The lowest BCUT2D eigenvalue weighted by atomic mass is 10.0. The van der Waals surface area contributed by atoms with Crippen LogP contribution in [0.25, 0.3) is 0 Å². The van der Waals surface area contributed by atoms with Gasteiger partial charge in [-0.1, -0.05) is 219 Å². The van der Waals surface area contributed by atoms with Crippen molar-refractivity contribution in [3.63, 3.8) is 0 Å². The van der Waals surface area contributed by atoms with Crippen LogP contribution in [0.5, 0.6) is 0 Å². The van der Waals surface area contributed by atoms with Crippen LogP contribution in [-0.2, 0) is 0 Å². The number of carbonyl (C=O) groups excluding carboxylic acids is 1. The number of benzene rings is 1. The molecule has 4 nitrogen and oxygen atoms in total. The maximum atomic E-state index is 13.5. The molecule has 0 unspecified atom stereocenters. The molecule has 0 bridgehead atoms. The van der Waals surface area contributed by atoms with Crippen molar-refractivity contribution in [2.24, 2.45) is 0 Å². The second-order valence-electron chi connectivity index (χ2n) is 14.7. The summed E-state index contributed by atoms with van der Waals surface area (Å²) in [7, 11) is 0. The van der Waals surface area contributed by atoms with E-state index >= 15 is 0 Å². The van der Waals surface area contributed by atoms with Crippen molar-refractivity contribution in [3.8, 4) is 0 Å². The van der Waals surface area contributed by atoms with Crippen molar-refractivity contribution >= 4 is 11.9 Å². The molecule has 0 saturated heterocycles. The Hall–Kier alpha value is -1.84. The molecule has 1 N–H and O–H groups in total. The van der Waals surface area contributed by atoms with Gasteiger partial charge in [-0.25, -0.2) is 4.79 Å². The van der Waals surface area contributed by atoms with Gasteiger partial charge in [0.05, 0.1) is 11.1 Å². The summed E-state index contributed by atoms with van der Waals surface area (Å²) in [5.74, 6) is -1.14. The number of carboxylic acids is 1. The average molecular weight is 670 g/mol. The first-order valence-electron chi connectivity index (χ1n) is 21.2. The van der Waals surface area contributed by atoms with E-state index in [4.69, 9.17) is 0 Å². The normalized spacial score (nSPS) is 11.3. The number of carbonyl (C=O) groups is 2. The maximum Gasteiger partial charge on any atom is 0.336 e. The second-order valence-corrected chi connectivity index (χ2v) is 14.7. The van der Waals surface area contributed by atoms with Gasteiger partial charge in [0, 0.05) is 13.1 Å². The number of hydrogen-bond acceptors (Lipinski definition) is 2. The van der Waals surface area contributed by atoms with Gasteiger partial charge in [-0.3, -0.25) is 4.79 Å². The molecule has 48 heavy (non-hydrogen) atoms. The fourth-order valence-corrected chi connectivity index (χ4v) is 7.04. The number of nitrogens with zero attached hydrogens (tertiary/aromatic N) is 1. The molecule has 1 rings (SSSR count). The molecule has 278 valence electrons. The smallest absolute Gasteiger partial charge is 0.336 e. The largest absolute Gasteiger partial charge is 0.478 e. The van der Waals surface area contributed by atoms with Gasteiger partial charge in [0.25, 0.3) is 5.91 Å². The Morgan fingerprint density at radius 2 is 0.667 bits per heavy atom. The van der Waals surface area contributed by atoms with Crippen molar-refractivity contribution in [2.75, 3.05) is 13.1 Å². The van der Waals surface area contributed by atoms with Crippen molar-refractivity contribution < 1.29 is 14.7 Å². The van der Waals surface area contributed by atoms with Crippen LogP contribution < -0.4 is 0 Å². The quantitative estimate of drug-likeness (QED) is 0.0723. The van der Waals surface area contributed by atoms with Crippen LogP contribution in [0, 0.1) is 0 Å². The highest BCUT2D eigenvalue weighted by Crippen LogP contribution is 2.18. The van der Waals surface area contributed by atoms with Crippen molar-refractivity contribution in [1.82, 2.24) is 4.90 Å². The van der Waals surface area contributed by atoms with E-state index in [9.17, 15) is 14.7 Å². The highest BCUT2D eigenvalue weighted by atomic mass is 16.4. The zero-order valence-electron chi connectivity index (χ0n) is 32.1. The third-order valence-electron chi connectivity index (χ3n) is 10.2. The molecule has 1 amide bonds. The van der Waals surface area contributed by atoms with Gasteiger partial charge in [-0.05, 0) is 25.0 Å². The Balaban J connectivity index is 2.22. The van der Waals surface area contributed by atoms with E-state index in [1.807, 2.05) is 4.90 Å². The topological polar surface area (TPSA) is 57.6 Å². The summed E-state index contributed by atoms with van der Waals surface area (Å²) < 4.78 is 0. The first kappa shape index (κ1) is 44.2. The van der Waals surface area contributed by atoms with Crippen LogP contribution in [0.4, 0.5) is 0 Å². The lowest BCUT2D eigenvalue weighted by molar-refractivity contribution is 0.0673. The van der Waals surface area contributed by atoms with Gasteiger partial charge in [-0.15, -0.1) is 0 Å². The zero-order chi connectivity index (χ0) is 34.8. The molecule has 0 aliphatic rings. The molecule has 1 aromatic rings. The summed E-state index contributed by atoms with van der Waals surface area (Å²) in [6, 6.07) is 6.72. The van der Waals surface area contributed by atoms with E-state index in [2.05, 4.69) is 13.8 Å². The van der Waals surface area contributed by atoms with Gasteiger partial charge >= 0.3 is 5.97 Å². The van der Waals surface area contributed by atoms with Crippen LogP contribution in [0.2, 0.25) is 0 Å². The molecule has 0 spiro atoms. The minimum atomic E-state index is -1.02. The molecular weight excluding hydrogens is 590 g/mol. The van der Waals surface area contributed by atoms with E-state index in [-0.39, 0.29) is 11.5 Å². The predicted octanol–water partition coefficient (Wildman–Crippen LogP) is 14.3. The number of carboxylic acid groups (broad SMARTS) is 1. The lowest BCUT2D eigenvalue weighted by Crippen LogP contribution is -2.34. The average Bonchev–Trinajstić information content (AvgIpc) is 3.10. The van der Waals surface area contributed by atoms with E-state index in [1.54, 1.807) is 24.3 Å². The monoisotopic (exact) mass is 670 g/mol.